The van der Waals surface area contributed by atoms with Gasteiger partial charge in [0.25, 0.3) is 0 Å². The van der Waals surface area contributed by atoms with Crippen molar-refractivity contribution >= 4 is 16.9 Å². The molecule has 1 aliphatic heterocycles. The molecule has 1 saturated heterocycles. The quantitative estimate of drug-likeness (QED) is 0.851. The van der Waals surface area contributed by atoms with Crippen molar-refractivity contribution in [3.8, 4) is 0 Å². The highest BCUT2D eigenvalue weighted by atomic mass is 32.2. The van der Waals surface area contributed by atoms with Crippen LogP contribution in [0.3, 0.4) is 0 Å². The third-order valence-electron chi connectivity index (χ3n) is 2.97. The molecule has 16 heavy (non-hydrogen) atoms. The normalized spacial score (nSPS) is 28.1. The van der Waals surface area contributed by atoms with Crippen LogP contribution in [0, 0.1) is 5.92 Å². The molecule has 2 unspecified atom stereocenters. The first-order chi connectivity index (χ1) is 7.66. The lowest BCUT2D eigenvalue weighted by molar-refractivity contribution is 0.489. The molecule has 1 aromatic rings. The summed E-state index contributed by atoms with van der Waals surface area (Å²) in [5, 5.41) is 4.47. The van der Waals surface area contributed by atoms with Crippen molar-refractivity contribution in [3.63, 3.8) is 0 Å². The number of hydrogen-bond acceptors (Lipinski definition) is 3. The highest BCUT2D eigenvalue weighted by Crippen LogP contribution is 2.19. The highest BCUT2D eigenvalue weighted by Gasteiger charge is 2.20. The Hall–Kier alpha value is -0.970. The Morgan fingerprint density at radius 1 is 1.62 bits per heavy atom. The van der Waals surface area contributed by atoms with Crippen molar-refractivity contribution < 1.29 is 0 Å². The number of hydrogen-bond donors (Lipinski definition) is 1. The number of nitrogens with zero attached hydrogens (tertiary/aromatic N) is 3. The molecule has 1 aliphatic rings. The van der Waals surface area contributed by atoms with Gasteiger partial charge in [-0.3, -0.25) is 4.99 Å². The van der Waals surface area contributed by atoms with Crippen LogP contribution in [0.5, 0.6) is 0 Å². The fraction of sp³-hybridized carbons (Fsp3) is 0.636. The van der Waals surface area contributed by atoms with E-state index in [1.807, 2.05) is 24.0 Å². The molecule has 5 heteroatoms. The van der Waals surface area contributed by atoms with Gasteiger partial charge in [-0.1, -0.05) is 18.7 Å². The zero-order valence-electron chi connectivity index (χ0n) is 9.97. The molecule has 1 N–H and O–H groups in total. The maximum absolute atomic E-state index is 4.56. The largest absolute Gasteiger partial charge is 0.362 e. The van der Waals surface area contributed by atoms with Gasteiger partial charge < -0.3 is 9.88 Å². The summed E-state index contributed by atoms with van der Waals surface area (Å²) >= 11 is 1.80. The summed E-state index contributed by atoms with van der Waals surface area (Å²) in [5.41, 5.74) is 0. The maximum atomic E-state index is 4.56. The van der Waals surface area contributed by atoms with Gasteiger partial charge in [-0.05, 0) is 12.8 Å². The number of aliphatic imine (C=N–C) groups is 1. The van der Waals surface area contributed by atoms with E-state index in [2.05, 4.69) is 29.1 Å². The molecule has 2 heterocycles. The summed E-state index contributed by atoms with van der Waals surface area (Å²) in [4.78, 5) is 8.81. The molecule has 88 valence electrons. The van der Waals surface area contributed by atoms with Crippen molar-refractivity contribution in [2.45, 2.75) is 26.4 Å². The molecule has 0 saturated carbocycles. The standard InChI is InChI=1S/C11H18N4S/c1-8-7-16-11(14-9(8)2)13-6-10-12-4-5-15(10)3/h4-5,8-9H,6-7H2,1-3H3,(H,13,14). The van der Waals surface area contributed by atoms with Crippen LogP contribution < -0.4 is 5.32 Å². The SMILES string of the molecule is CC1CSC(=NCc2nccn2C)NC1C. The Kier molecular flexibility index (Phi) is 3.53. The number of imidazole rings is 1. The third-order valence-corrected chi connectivity index (χ3v) is 4.19. The van der Waals surface area contributed by atoms with E-state index in [0.29, 0.717) is 18.5 Å². The second-order valence-electron chi connectivity index (χ2n) is 4.30. The zero-order valence-corrected chi connectivity index (χ0v) is 10.8. The van der Waals surface area contributed by atoms with Gasteiger partial charge in [0.2, 0.25) is 0 Å². The summed E-state index contributed by atoms with van der Waals surface area (Å²) in [5.74, 6) is 2.85. The first kappa shape index (κ1) is 11.5. The zero-order chi connectivity index (χ0) is 11.5. The van der Waals surface area contributed by atoms with Crippen LogP contribution in [0.15, 0.2) is 17.4 Å². The Morgan fingerprint density at radius 2 is 2.44 bits per heavy atom. The minimum atomic E-state index is 0.515. The topological polar surface area (TPSA) is 42.2 Å². The van der Waals surface area contributed by atoms with Crippen molar-refractivity contribution in [1.29, 1.82) is 0 Å². The molecule has 4 nitrogen and oxygen atoms in total. The van der Waals surface area contributed by atoms with Gasteiger partial charge in [0, 0.05) is 31.2 Å². The van der Waals surface area contributed by atoms with Gasteiger partial charge in [-0.2, -0.15) is 0 Å². The second-order valence-corrected chi connectivity index (χ2v) is 5.31. The van der Waals surface area contributed by atoms with Crippen molar-refractivity contribution in [3.05, 3.63) is 18.2 Å². The number of aryl methyl sites for hydroxylation is 1. The van der Waals surface area contributed by atoms with Crippen LogP contribution in [-0.4, -0.2) is 26.5 Å². The monoisotopic (exact) mass is 238 g/mol. The molecule has 1 fully saturated rings. The van der Waals surface area contributed by atoms with E-state index < -0.39 is 0 Å². The number of amidine groups is 1. The summed E-state index contributed by atoms with van der Waals surface area (Å²) in [7, 11) is 1.99. The number of rotatable bonds is 2. The van der Waals surface area contributed by atoms with Gasteiger partial charge in [0.05, 0.1) is 6.54 Å². The molecule has 0 spiro atoms. The lowest BCUT2D eigenvalue weighted by atomic mass is 10.1. The first-order valence-corrected chi connectivity index (χ1v) is 6.55. The number of nitrogens with one attached hydrogen (secondary N) is 1. The van der Waals surface area contributed by atoms with Crippen LogP contribution in [0.4, 0.5) is 0 Å². The fourth-order valence-electron chi connectivity index (χ4n) is 1.52. The minimum Gasteiger partial charge on any atom is -0.362 e. The third kappa shape index (κ3) is 2.58. The number of aromatic nitrogens is 2. The highest BCUT2D eigenvalue weighted by molar-refractivity contribution is 8.13. The van der Waals surface area contributed by atoms with E-state index in [1.165, 1.54) is 0 Å². The van der Waals surface area contributed by atoms with Gasteiger partial charge in [-0.25, -0.2) is 4.98 Å². The van der Waals surface area contributed by atoms with E-state index in [-0.39, 0.29) is 0 Å². The van der Waals surface area contributed by atoms with E-state index in [0.717, 1.165) is 16.7 Å². The smallest absolute Gasteiger partial charge is 0.157 e. The van der Waals surface area contributed by atoms with Crippen LogP contribution in [-0.2, 0) is 13.6 Å². The van der Waals surface area contributed by atoms with E-state index in [1.54, 1.807) is 11.8 Å². The van der Waals surface area contributed by atoms with Crippen LogP contribution in [0.25, 0.3) is 0 Å². The van der Waals surface area contributed by atoms with Crippen molar-refractivity contribution in [2.24, 2.45) is 18.0 Å². The molecule has 0 bridgehead atoms. The van der Waals surface area contributed by atoms with E-state index in [4.69, 9.17) is 0 Å². The second kappa shape index (κ2) is 4.91. The average molecular weight is 238 g/mol. The molecule has 1 aromatic heterocycles. The summed E-state index contributed by atoms with van der Waals surface area (Å²) < 4.78 is 2.00. The molecule has 0 radical (unpaired) electrons. The lowest BCUT2D eigenvalue weighted by Crippen LogP contribution is -2.41. The summed E-state index contributed by atoms with van der Waals surface area (Å²) in [6, 6.07) is 0.515. The van der Waals surface area contributed by atoms with E-state index in [9.17, 15) is 0 Å². The molecule has 0 aromatic carbocycles. The molecule has 2 atom stereocenters. The van der Waals surface area contributed by atoms with Crippen LogP contribution in [0.2, 0.25) is 0 Å². The minimum absolute atomic E-state index is 0.515. The maximum Gasteiger partial charge on any atom is 0.157 e. The Balaban J connectivity index is 1.96. The van der Waals surface area contributed by atoms with Crippen molar-refractivity contribution in [1.82, 2.24) is 14.9 Å². The van der Waals surface area contributed by atoms with Crippen LogP contribution >= 0.6 is 11.8 Å². The van der Waals surface area contributed by atoms with E-state index >= 15 is 0 Å². The fourth-order valence-corrected chi connectivity index (χ4v) is 2.65. The van der Waals surface area contributed by atoms with Gasteiger partial charge in [0.1, 0.15) is 5.82 Å². The molecule has 0 amide bonds. The molecule has 0 aliphatic carbocycles. The van der Waals surface area contributed by atoms with Gasteiger partial charge >= 0.3 is 0 Å². The molecule has 2 rings (SSSR count). The predicted molar refractivity (Wildman–Crippen MR) is 68.6 cm³/mol. The predicted octanol–water partition coefficient (Wildman–Crippen LogP) is 1.64. The number of thioether (sulfide) groups is 1. The average Bonchev–Trinajstić information content (AvgIpc) is 2.66. The van der Waals surface area contributed by atoms with Crippen LogP contribution in [0.1, 0.15) is 19.7 Å². The Morgan fingerprint density at radius 3 is 3.06 bits per heavy atom. The Labute approximate surface area is 101 Å². The van der Waals surface area contributed by atoms with Gasteiger partial charge in [0.15, 0.2) is 5.17 Å². The summed E-state index contributed by atoms with van der Waals surface area (Å²) in [6.45, 7) is 5.13. The van der Waals surface area contributed by atoms with Gasteiger partial charge in [-0.15, -0.1) is 0 Å². The molecular formula is C11H18N4S. The first-order valence-electron chi connectivity index (χ1n) is 5.57. The van der Waals surface area contributed by atoms with Crippen molar-refractivity contribution in [2.75, 3.05) is 5.75 Å². The lowest BCUT2D eigenvalue weighted by Gasteiger charge is -2.28. The Bertz CT molecular complexity index is 385. The molecular weight excluding hydrogens is 220 g/mol. The summed E-state index contributed by atoms with van der Waals surface area (Å²) in [6.07, 6.45) is 3.75.